The van der Waals surface area contributed by atoms with Crippen LogP contribution in [-0.2, 0) is 4.74 Å². The monoisotopic (exact) mass is 221 g/mol. The number of hydrogen-bond donors (Lipinski definition) is 1. The van der Waals surface area contributed by atoms with E-state index in [2.05, 4.69) is 12.2 Å². The van der Waals surface area contributed by atoms with Gasteiger partial charge in [-0.15, -0.1) is 0 Å². The Kier molecular flexibility index (Phi) is 8.84. The Morgan fingerprint density at radius 1 is 1.36 bits per heavy atom. The number of amides is 1. The molecule has 0 aliphatic heterocycles. The predicted molar refractivity (Wildman–Crippen MR) is 58.6 cm³/mol. The van der Waals surface area contributed by atoms with Crippen molar-refractivity contribution >= 4 is 17.7 Å². The SMILES string of the molecule is CCCCCCNC(=O)OC(Cl)CC. The molecule has 3 nitrogen and oxygen atoms in total. The molecule has 0 fully saturated rings. The van der Waals surface area contributed by atoms with Crippen LogP contribution in [0.1, 0.15) is 46.0 Å². The van der Waals surface area contributed by atoms with E-state index in [0.29, 0.717) is 13.0 Å². The molecule has 0 aliphatic rings. The van der Waals surface area contributed by atoms with Crippen molar-refractivity contribution in [2.75, 3.05) is 6.54 Å². The number of rotatable bonds is 7. The highest BCUT2D eigenvalue weighted by Crippen LogP contribution is 2.03. The first-order valence-corrected chi connectivity index (χ1v) is 5.72. The van der Waals surface area contributed by atoms with Crippen LogP contribution < -0.4 is 5.32 Å². The number of alkyl carbamates (subject to hydrolysis) is 1. The molecule has 0 aliphatic carbocycles. The lowest BCUT2D eigenvalue weighted by Gasteiger charge is -2.09. The van der Waals surface area contributed by atoms with Gasteiger partial charge in [0.2, 0.25) is 0 Å². The lowest BCUT2D eigenvalue weighted by molar-refractivity contribution is 0.131. The maximum atomic E-state index is 11.0. The fourth-order valence-electron chi connectivity index (χ4n) is 0.983. The van der Waals surface area contributed by atoms with E-state index in [-0.39, 0.29) is 0 Å². The molecular weight excluding hydrogens is 202 g/mol. The first kappa shape index (κ1) is 13.6. The second-order valence-corrected chi connectivity index (χ2v) is 3.70. The summed E-state index contributed by atoms with van der Waals surface area (Å²) < 4.78 is 4.82. The lowest BCUT2D eigenvalue weighted by Crippen LogP contribution is -2.27. The van der Waals surface area contributed by atoms with Gasteiger partial charge in [-0.1, -0.05) is 44.7 Å². The molecule has 1 atom stereocenters. The highest BCUT2D eigenvalue weighted by Gasteiger charge is 2.07. The van der Waals surface area contributed by atoms with Gasteiger partial charge in [-0.2, -0.15) is 0 Å². The van der Waals surface area contributed by atoms with Crippen molar-refractivity contribution in [1.82, 2.24) is 5.32 Å². The van der Waals surface area contributed by atoms with Crippen LogP contribution in [0, 0.1) is 0 Å². The molecule has 84 valence electrons. The average molecular weight is 222 g/mol. The maximum Gasteiger partial charge on any atom is 0.408 e. The van der Waals surface area contributed by atoms with E-state index in [1.807, 2.05) is 6.92 Å². The number of ether oxygens (including phenoxy) is 1. The molecule has 1 amide bonds. The molecule has 0 bridgehead atoms. The van der Waals surface area contributed by atoms with Crippen LogP contribution in [0.25, 0.3) is 0 Å². The van der Waals surface area contributed by atoms with E-state index in [0.717, 1.165) is 12.8 Å². The van der Waals surface area contributed by atoms with Gasteiger partial charge >= 0.3 is 6.09 Å². The van der Waals surface area contributed by atoms with Crippen LogP contribution in [0.5, 0.6) is 0 Å². The second-order valence-electron chi connectivity index (χ2n) is 3.21. The fraction of sp³-hybridized carbons (Fsp3) is 0.900. The van der Waals surface area contributed by atoms with Crippen molar-refractivity contribution in [3.05, 3.63) is 0 Å². The highest BCUT2D eigenvalue weighted by molar-refractivity contribution is 6.20. The molecule has 0 rings (SSSR count). The Labute approximate surface area is 91.2 Å². The van der Waals surface area contributed by atoms with Crippen molar-refractivity contribution in [2.24, 2.45) is 0 Å². The molecule has 0 saturated heterocycles. The Morgan fingerprint density at radius 3 is 2.64 bits per heavy atom. The third-order valence-corrected chi connectivity index (χ3v) is 2.25. The molecule has 1 N–H and O–H groups in total. The first-order valence-electron chi connectivity index (χ1n) is 5.29. The van der Waals surface area contributed by atoms with Crippen LogP contribution in [0.3, 0.4) is 0 Å². The van der Waals surface area contributed by atoms with E-state index >= 15 is 0 Å². The third-order valence-electron chi connectivity index (χ3n) is 1.86. The zero-order valence-electron chi connectivity index (χ0n) is 9.01. The zero-order valence-corrected chi connectivity index (χ0v) is 9.77. The standard InChI is InChI=1S/C10H20ClNO2/c1-3-5-6-7-8-12-10(13)14-9(11)4-2/h9H,3-8H2,1-2H3,(H,12,13). The number of nitrogens with one attached hydrogen (secondary N) is 1. The zero-order chi connectivity index (χ0) is 10.8. The summed E-state index contributed by atoms with van der Waals surface area (Å²) >= 11 is 5.64. The Morgan fingerprint density at radius 2 is 2.07 bits per heavy atom. The van der Waals surface area contributed by atoms with Crippen molar-refractivity contribution in [3.63, 3.8) is 0 Å². The van der Waals surface area contributed by atoms with Gasteiger partial charge < -0.3 is 10.1 Å². The number of halogens is 1. The number of alkyl halides is 1. The van der Waals surface area contributed by atoms with E-state index in [1.165, 1.54) is 12.8 Å². The summed E-state index contributed by atoms with van der Waals surface area (Å²) in [7, 11) is 0. The molecule has 0 radical (unpaired) electrons. The van der Waals surface area contributed by atoms with Crippen molar-refractivity contribution in [3.8, 4) is 0 Å². The average Bonchev–Trinajstić information content (AvgIpc) is 2.17. The molecular formula is C10H20ClNO2. The minimum atomic E-state index is -0.509. The van der Waals surface area contributed by atoms with Crippen LogP contribution in [0.15, 0.2) is 0 Å². The molecule has 0 spiro atoms. The Balaban J connectivity index is 3.27. The summed E-state index contributed by atoms with van der Waals surface area (Å²) in [5.74, 6) is 0. The molecule has 0 aromatic carbocycles. The molecule has 14 heavy (non-hydrogen) atoms. The van der Waals surface area contributed by atoms with Gasteiger partial charge in [-0.05, 0) is 12.8 Å². The van der Waals surface area contributed by atoms with Gasteiger partial charge in [0, 0.05) is 6.54 Å². The minimum absolute atomic E-state index is 0.414. The van der Waals surface area contributed by atoms with Crippen LogP contribution in [0.4, 0.5) is 4.79 Å². The summed E-state index contributed by atoms with van der Waals surface area (Å²) in [6, 6.07) is 0. The number of carbonyl (C=O) groups is 1. The molecule has 1 unspecified atom stereocenters. The molecule has 0 saturated carbocycles. The third kappa shape index (κ3) is 8.17. The molecule has 4 heteroatoms. The molecule has 0 aromatic heterocycles. The van der Waals surface area contributed by atoms with E-state index in [9.17, 15) is 4.79 Å². The van der Waals surface area contributed by atoms with Crippen LogP contribution >= 0.6 is 11.6 Å². The van der Waals surface area contributed by atoms with Gasteiger partial charge in [0.15, 0.2) is 5.56 Å². The molecule has 0 heterocycles. The fourth-order valence-corrected chi connectivity index (χ4v) is 1.06. The second kappa shape index (κ2) is 9.13. The van der Waals surface area contributed by atoms with E-state index in [1.54, 1.807) is 0 Å². The highest BCUT2D eigenvalue weighted by atomic mass is 35.5. The van der Waals surface area contributed by atoms with E-state index in [4.69, 9.17) is 16.3 Å². The summed E-state index contributed by atoms with van der Waals surface area (Å²) in [5, 5.41) is 2.66. The lowest BCUT2D eigenvalue weighted by atomic mass is 10.2. The molecule has 0 aromatic rings. The van der Waals surface area contributed by atoms with Gasteiger partial charge in [0.05, 0.1) is 0 Å². The largest absolute Gasteiger partial charge is 0.430 e. The van der Waals surface area contributed by atoms with Gasteiger partial charge in [-0.3, -0.25) is 0 Å². The summed E-state index contributed by atoms with van der Waals surface area (Å²) in [5.41, 5.74) is -0.509. The Bertz CT molecular complexity index is 153. The van der Waals surface area contributed by atoms with Gasteiger partial charge in [0.1, 0.15) is 0 Å². The number of hydrogen-bond acceptors (Lipinski definition) is 2. The maximum absolute atomic E-state index is 11.0. The van der Waals surface area contributed by atoms with Crippen molar-refractivity contribution in [2.45, 2.75) is 51.5 Å². The van der Waals surface area contributed by atoms with Gasteiger partial charge in [-0.25, -0.2) is 4.79 Å². The normalized spacial score (nSPS) is 12.2. The summed E-state index contributed by atoms with van der Waals surface area (Å²) in [4.78, 5) is 11.0. The topological polar surface area (TPSA) is 38.3 Å². The van der Waals surface area contributed by atoms with E-state index < -0.39 is 11.7 Å². The Hall–Kier alpha value is -0.440. The number of carbonyl (C=O) groups excluding carboxylic acids is 1. The minimum Gasteiger partial charge on any atom is -0.430 e. The summed E-state index contributed by atoms with van der Waals surface area (Å²) in [6.07, 6.45) is 4.78. The van der Waals surface area contributed by atoms with Crippen LogP contribution in [0.2, 0.25) is 0 Å². The smallest absolute Gasteiger partial charge is 0.408 e. The van der Waals surface area contributed by atoms with Crippen molar-refractivity contribution < 1.29 is 9.53 Å². The number of unbranched alkanes of at least 4 members (excludes halogenated alkanes) is 3. The van der Waals surface area contributed by atoms with Gasteiger partial charge in [0.25, 0.3) is 0 Å². The quantitative estimate of drug-likeness (QED) is 0.529. The predicted octanol–water partition coefficient (Wildman–Crippen LogP) is 3.27. The van der Waals surface area contributed by atoms with Crippen molar-refractivity contribution in [1.29, 1.82) is 0 Å². The summed E-state index contributed by atoms with van der Waals surface area (Å²) in [6.45, 7) is 4.69. The first-order chi connectivity index (χ1) is 6.70. The van der Waals surface area contributed by atoms with Crippen LogP contribution in [-0.4, -0.2) is 18.2 Å².